The zero-order valence-corrected chi connectivity index (χ0v) is 15.0. The molecule has 0 amide bonds. The third-order valence-electron chi connectivity index (χ3n) is 4.12. The van der Waals surface area contributed by atoms with Gasteiger partial charge in [-0.2, -0.15) is 0 Å². The van der Waals surface area contributed by atoms with Crippen molar-refractivity contribution in [2.45, 2.75) is 25.7 Å². The molecule has 0 radical (unpaired) electrons. The van der Waals surface area contributed by atoms with Crippen molar-refractivity contribution in [3.63, 3.8) is 0 Å². The molecule has 0 aromatic heterocycles. The summed E-state index contributed by atoms with van der Waals surface area (Å²) >= 11 is 0. The summed E-state index contributed by atoms with van der Waals surface area (Å²) in [4.78, 5) is 1.59. The van der Waals surface area contributed by atoms with E-state index in [9.17, 15) is 8.42 Å². The van der Waals surface area contributed by atoms with Gasteiger partial charge in [0.05, 0.1) is 32.9 Å². The van der Waals surface area contributed by atoms with Gasteiger partial charge in [0.15, 0.2) is 0 Å². The van der Waals surface area contributed by atoms with Crippen LogP contribution in [0.25, 0.3) is 0 Å². The summed E-state index contributed by atoms with van der Waals surface area (Å²) in [6.45, 7) is 10.6. The van der Waals surface area contributed by atoms with Gasteiger partial charge in [0.2, 0.25) is 10.0 Å². The van der Waals surface area contributed by atoms with Crippen molar-refractivity contribution in [3.8, 4) is 5.75 Å². The van der Waals surface area contributed by atoms with E-state index >= 15 is 0 Å². The normalized spacial score (nSPS) is 16.5. The Morgan fingerprint density at radius 2 is 1.87 bits per heavy atom. The maximum Gasteiger partial charge on any atom is 0.244 e. The van der Waals surface area contributed by atoms with E-state index in [-0.39, 0.29) is 4.90 Å². The van der Waals surface area contributed by atoms with E-state index in [1.807, 2.05) is 20.8 Å². The maximum absolute atomic E-state index is 12.6. The Labute approximate surface area is 138 Å². The molecule has 0 atom stereocenters. The lowest BCUT2D eigenvalue weighted by Gasteiger charge is -2.23. The van der Waals surface area contributed by atoms with Gasteiger partial charge >= 0.3 is 0 Å². The van der Waals surface area contributed by atoms with E-state index in [2.05, 4.69) is 4.72 Å². The van der Waals surface area contributed by atoms with E-state index in [0.717, 1.165) is 44.0 Å². The Bertz CT molecular complexity index is 625. The number of ether oxygens (including phenoxy) is 2. The summed E-state index contributed by atoms with van der Waals surface area (Å²) in [5.74, 6) is 0.418. The van der Waals surface area contributed by atoms with Crippen molar-refractivity contribution < 1.29 is 22.8 Å². The SMILES string of the molecule is CCOc1cc(C)c(C)cc1S(=O)(=O)NCC[NH+]1CCOCC1. The molecular weight excluding hydrogens is 316 g/mol. The third kappa shape index (κ3) is 4.91. The second kappa shape index (κ2) is 8.10. The summed E-state index contributed by atoms with van der Waals surface area (Å²) < 4.78 is 38.7. The van der Waals surface area contributed by atoms with E-state index in [0.29, 0.717) is 18.9 Å². The van der Waals surface area contributed by atoms with E-state index in [1.54, 1.807) is 12.1 Å². The minimum absolute atomic E-state index is 0.222. The number of benzene rings is 1. The van der Waals surface area contributed by atoms with Crippen molar-refractivity contribution in [3.05, 3.63) is 23.3 Å². The number of hydrogen-bond acceptors (Lipinski definition) is 4. The lowest BCUT2D eigenvalue weighted by molar-refractivity contribution is -0.906. The molecule has 1 fully saturated rings. The van der Waals surface area contributed by atoms with E-state index < -0.39 is 10.0 Å². The van der Waals surface area contributed by atoms with Crippen LogP contribution in [0.1, 0.15) is 18.1 Å². The number of morpholine rings is 1. The van der Waals surface area contributed by atoms with Crippen LogP contribution in [0.4, 0.5) is 0 Å². The molecule has 1 heterocycles. The molecule has 7 heteroatoms. The minimum Gasteiger partial charge on any atom is -0.492 e. The van der Waals surface area contributed by atoms with Gasteiger partial charge in [-0.15, -0.1) is 0 Å². The van der Waals surface area contributed by atoms with E-state index in [4.69, 9.17) is 9.47 Å². The highest BCUT2D eigenvalue weighted by Gasteiger charge is 2.22. The van der Waals surface area contributed by atoms with Crippen LogP contribution < -0.4 is 14.4 Å². The molecule has 130 valence electrons. The Morgan fingerprint density at radius 1 is 1.22 bits per heavy atom. The van der Waals surface area contributed by atoms with Gasteiger partial charge < -0.3 is 14.4 Å². The van der Waals surface area contributed by atoms with Crippen LogP contribution in [-0.4, -0.2) is 54.4 Å². The number of aryl methyl sites for hydroxylation is 2. The molecule has 0 unspecified atom stereocenters. The van der Waals surface area contributed by atoms with Crippen molar-refractivity contribution in [2.75, 3.05) is 46.0 Å². The van der Waals surface area contributed by atoms with Crippen LogP contribution in [0.15, 0.2) is 17.0 Å². The van der Waals surface area contributed by atoms with Gasteiger partial charge in [0.25, 0.3) is 0 Å². The van der Waals surface area contributed by atoms with Crippen LogP contribution in [-0.2, 0) is 14.8 Å². The monoisotopic (exact) mass is 343 g/mol. The molecule has 0 saturated carbocycles. The zero-order valence-electron chi connectivity index (χ0n) is 14.1. The van der Waals surface area contributed by atoms with Crippen molar-refractivity contribution in [1.82, 2.24) is 4.72 Å². The Hall–Kier alpha value is -1.15. The predicted octanol–water partition coefficient (Wildman–Crippen LogP) is -0.104. The number of quaternary nitrogens is 1. The number of hydrogen-bond donors (Lipinski definition) is 2. The average Bonchev–Trinajstić information content (AvgIpc) is 2.51. The van der Waals surface area contributed by atoms with Gasteiger partial charge in [0, 0.05) is 0 Å². The molecule has 0 aliphatic carbocycles. The van der Waals surface area contributed by atoms with Gasteiger partial charge in [0.1, 0.15) is 23.7 Å². The number of sulfonamides is 1. The molecule has 0 spiro atoms. The molecule has 0 bridgehead atoms. The molecule has 2 N–H and O–H groups in total. The predicted molar refractivity (Wildman–Crippen MR) is 88.7 cm³/mol. The molecule has 23 heavy (non-hydrogen) atoms. The summed E-state index contributed by atoms with van der Waals surface area (Å²) in [5, 5.41) is 0. The molecule has 1 saturated heterocycles. The highest BCUT2D eigenvalue weighted by molar-refractivity contribution is 7.89. The smallest absolute Gasteiger partial charge is 0.244 e. The Balaban J connectivity index is 2.07. The fraction of sp³-hybridized carbons (Fsp3) is 0.625. The van der Waals surface area contributed by atoms with Crippen molar-refractivity contribution in [2.24, 2.45) is 0 Å². The van der Waals surface area contributed by atoms with Crippen molar-refractivity contribution in [1.29, 1.82) is 0 Å². The zero-order chi connectivity index (χ0) is 16.9. The summed E-state index contributed by atoms with van der Waals surface area (Å²) in [6.07, 6.45) is 0. The molecule has 1 aliphatic rings. The van der Waals surface area contributed by atoms with Crippen LogP contribution in [0, 0.1) is 13.8 Å². The summed E-state index contributed by atoms with van der Waals surface area (Å²) in [5.41, 5.74) is 1.96. The van der Waals surface area contributed by atoms with Gasteiger partial charge in [-0.3, -0.25) is 0 Å². The van der Waals surface area contributed by atoms with Gasteiger partial charge in [-0.1, -0.05) is 0 Å². The lowest BCUT2D eigenvalue weighted by Crippen LogP contribution is -3.14. The highest BCUT2D eigenvalue weighted by atomic mass is 32.2. The van der Waals surface area contributed by atoms with Crippen LogP contribution in [0.5, 0.6) is 5.75 Å². The molecular formula is C16H27N2O4S+. The first kappa shape index (κ1) is 18.2. The quantitative estimate of drug-likeness (QED) is 0.725. The first-order valence-corrected chi connectivity index (χ1v) is 9.57. The van der Waals surface area contributed by atoms with Crippen LogP contribution in [0.2, 0.25) is 0 Å². The minimum atomic E-state index is -3.57. The first-order valence-electron chi connectivity index (χ1n) is 8.09. The average molecular weight is 343 g/mol. The summed E-state index contributed by atoms with van der Waals surface area (Å²) in [6, 6.07) is 3.48. The standard InChI is InChI=1S/C16H26N2O4S/c1-4-22-15-11-13(2)14(3)12-16(15)23(19,20)17-5-6-18-7-9-21-10-8-18/h11-12,17H,4-10H2,1-3H3/p+1. The fourth-order valence-corrected chi connectivity index (χ4v) is 3.83. The van der Waals surface area contributed by atoms with Crippen LogP contribution >= 0.6 is 0 Å². The first-order chi connectivity index (χ1) is 10.9. The van der Waals surface area contributed by atoms with Gasteiger partial charge in [-0.25, -0.2) is 13.1 Å². The maximum atomic E-state index is 12.6. The second-order valence-electron chi connectivity index (χ2n) is 5.83. The van der Waals surface area contributed by atoms with Crippen LogP contribution in [0.3, 0.4) is 0 Å². The lowest BCUT2D eigenvalue weighted by atomic mass is 10.1. The Kier molecular flexibility index (Phi) is 6.41. The topological polar surface area (TPSA) is 69.1 Å². The molecule has 1 aromatic rings. The second-order valence-corrected chi connectivity index (χ2v) is 7.56. The molecule has 6 nitrogen and oxygen atoms in total. The molecule has 1 aliphatic heterocycles. The van der Waals surface area contributed by atoms with E-state index in [1.165, 1.54) is 4.90 Å². The van der Waals surface area contributed by atoms with Gasteiger partial charge in [-0.05, 0) is 44.0 Å². The van der Waals surface area contributed by atoms with Crippen molar-refractivity contribution >= 4 is 10.0 Å². The largest absolute Gasteiger partial charge is 0.492 e. The number of rotatable bonds is 7. The molecule has 2 rings (SSSR count). The highest BCUT2D eigenvalue weighted by Crippen LogP contribution is 2.27. The molecule has 1 aromatic carbocycles. The Morgan fingerprint density at radius 3 is 2.52 bits per heavy atom. The summed E-state index contributed by atoms with van der Waals surface area (Å²) in [7, 11) is -3.57. The number of nitrogens with one attached hydrogen (secondary N) is 2. The fourth-order valence-electron chi connectivity index (χ4n) is 2.59. The third-order valence-corrected chi connectivity index (χ3v) is 5.60.